The maximum Gasteiger partial charge on any atom is 0.239 e. The molecule has 3 atom stereocenters. The minimum atomic E-state index is -0.558. The molecule has 0 bridgehead atoms. The summed E-state index contributed by atoms with van der Waals surface area (Å²) in [6.07, 6.45) is 1.46. The van der Waals surface area contributed by atoms with Gasteiger partial charge in [-0.2, -0.15) is 0 Å². The highest BCUT2D eigenvalue weighted by Crippen LogP contribution is 2.28. The maximum atomic E-state index is 13.0. The van der Waals surface area contributed by atoms with Crippen LogP contribution in [0.4, 0.5) is 4.39 Å². The molecule has 1 heterocycles. The number of primary amides is 1. The summed E-state index contributed by atoms with van der Waals surface area (Å²) in [4.78, 5) is 13.8. The molecule has 1 amide bonds. The van der Waals surface area contributed by atoms with E-state index in [1.807, 2.05) is 4.90 Å². The molecule has 1 aliphatic heterocycles. The third-order valence-corrected chi connectivity index (χ3v) is 3.99. The van der Waals surface area contributed by atoms with Crippen molar-refractivity contribution in [2.24, 2.45) is 11.7 Å². The Kier molecular flexibility index (Phi) is 4.73. The van der Waals surface area contributed by atoms with Crippen LogP contribution in [0.25, 0.3) is 0 Å². The van der Waals surface area contributed by atoms with Gasteiger partial charge in [0.2, 0.25) is 5.91 Å². The first-order chi connectivity index (χ1) is 9.49. The minimum absolute atomic E-state index is 0.144. The summed E-state index contributed by atoms with van der Waals surface area (Å²) in [7, 11) is 0. The summed E-state index contributed by atoms with van der Waals surface area (Å²) in [5, 5.41) is 9.73. The lowest BCUT2D eigenvalue weighted by molar-refractivity contribution is -0.124. The van der Waals surface area contributed by atoms with E-state index in [9.17, 15) is 14.3 Å². The molecule has 1 saturated heterocycles. The zero-order chi connectivity index (χ0) is 14.7. The molecule has 4 nitrogen and oxygen atoms in total. The lowest BCUT2D eigenvalue weighted by Gasteiger charge is -2.38. The molecule has 0 radical (unpaired) electrons. The number of aliphatic hydroxyl groups excluding tert-OH is 1. The number of aliphatic hydroxyl groups is 1. The fourth-order valence-corrected chi connectivity index (χ4v) is 2.87. The number of halogens is 1. The van der Waals surface area contributed by atoms with Crippen LogP contribution in [0.1, 0.15) is 31.4 Å². The van der Waals surface area contributed by atoms with Crippen LogP contribution in [0.5, 0.6) is 0 Å². The van der Waals surface area contributed by atoms with Gasteiger partial charge in [-0.1, -0.05) is 12.1 Å². The van der Waals surface area contributed by atoms with E-state index >= 15 is 0 Å². The van der Waals surface area contributed by atoms with Gasteiger partial charge in [0.25, 0.3) is 0 Å². The summed E-state index contributed by atoms with van der Waals surface area (Å²) < 4.78 is 13.0. The highest BCUT2D eigenvalue weighted by atomic mass is 19.1. The number of carbonyl (C=O) groups excluding carboxylic acids is 1. The number of piperidine rings is 1. The number of benzene rings is 1. The van der Waals surface area contributed by atoms with Gasteiger partial charge in [-0.15, -0.1) is 0 Å². The maximum absolute atomic E-state index is 13.0. The Balaban J connectivity index is 2.20. The third-order valence-electron chi connectivity index (χ3n) is 3.99. The molecular weight excluding hydrogens is 259 g/mol. The molecular formula is C15H21FN2O2. The van der Waals surface area contributed by atoms with Gasteiger partial charge >= 0.3 is 0 Å². The van der Waals surface area contributed by atoms with Crippen molar-refractivity contribution >= 4 is 5.91 Å². The first-order valence-corrected chi connectivity index (χ1v) is 6.96. The number of nitrogens with zero attached hydrogens (tertiary/aromatic N) is 1. The van der Waals surface area contributed by atoms with Crippen LogP contribution in [0.2, 0.25) is 0 Å². The van der Waals surface area contributed by atoms with Crippen LogP contribution in [0.3, 0.4) is 0 Å². The van der Waals surface area contributed by atoms with Gasteiger partial charge in [0, 0.05) is 6.54 Å². The van der Waals surface area contributed by atoms with Crippen molar-refractivity contribution in [3.8, 4) is 0 Å². The molecule has 20 heavy (non-hydrogen) atoms. The van der Waals surface area contributed by atoms with Gasteiger partial charge in [0.05, 0.1) is 6.10 Å². The molecule has 1 aliphatic rings. The summed E-state index contributed by atoms with van der Waals surface area (Å²) in [6, 6.07) is 5.30. The Morgan fingerprint density at radius 2 is 2.10 bits per heavy atom. The number of hydrogen-bond donors (Lipinski definition) is 2. The van der Waals surface area contributed by atoms with Gasteiger partial charge in [-0.05, 0) is 49.9 Å². The van der Waals surface area contributed by atoms with E-state index in [4.69, 9.17) is 5.73 Å². The highest BCUT2D eigenvalue weighted by Gasteiger charge is 2.31. The Morgan fingerprint density at radius 1 is 1.45 bits per heavy atom. The molecule has 1 aromatic rings. The Hall–Kier alpha value is -1.46. The zero-order valence-corrected chi connectivity index (χ0v) is 11.6. The number of likely N-dealkylation sites (tertiary alicyclic amines) is 1. The molecule has 0 aliphatic carbocycles. The Bertz CT molecular complexity index is 461. The summed E-state index contributed by atoms with van der Waals surface area (Å²) in [5.74, 6) is -0.633. The van der Waals surface area contributed by atoms with E-state index in [1.165, 1.54) is 12.1 Å². The molecule has 0 spiro atoms. The first-order valence-electron chi connectivity index (χ1n) is 6.96. The van der Waals surface area contributed by atoms with Crippen LogP contribution in [-0.2, 0) is 4.79 Å². The third kappa shape index (κ3) is 3.35. The lowest BCUT2D eigenvalue weighted by Crippen LogP contribution is -2.45. The van der Waals surface area contributed by atoms with Crippen LogP contribution >= 0.6 is 0 Å². The van der Waals surface area contributed by atoms with E-state index in [0.29, 0.717) is 12.1 Å². The van der Waals surface area contributed by atoms with Crippen LogP contribution in [-0.4, -0.2) is 35.1 Å². The molecule has 110 valence electrons. The number of rotatable bonds is 4. The number of hydrogen-bond acceptors (Lipinski definition) is 3. The fourth-order valence-electron chi connectivity index (χ4n) is 2.87. The van der Waals surface area contributed by atoms with E-state index in [2.05, 4.69) is 0 Å². The number of amides is 1. The predicted molar refractivity (Wildman–Crippen MR) is 74.3 cm³/mol. The average molecular weight is 280 g/mol. The molecule has 1 fully saturated rings. The van der Waals surface area contributed by atoms with Crippen molar-refractivity contribution in [1.29, 1.82) is 0 Å². The second kappa shape index (κ2) is 6.33. The number of carbonyl (C=O) groups is 1. The molecule has 3 N–H and O–H groups in total. The van der Waals surface area contributed by atoms with Gasteiger partial charge in [-0.25, -0.2) is 4.39 Å². The number of nitrogens with two attached hydrogens (primary N) is 1. The molecule has 3 unspecified atom stereocenters. The standard InChI is InChI=1S/C15H21FN2O2/c1-10(19)12-3-2-8-18(9-12)14(15(17)20)11-4-6-13(16)7-5-11/h4-7,10,12,14,19H,2-3,8-9H2,1H3,(H2,17,20). The van der Waals surface area contributed by atoms with Crippen molar-refractivity contribution in [2.45, 2.75) is 31.9 Å². The van der Waals surface area contributed by atoms with Gasteiger partial charge < -0.3 is 10.8 Å². The Labute approximate surface area is 118 Å². The van der Waals surface area contributed by atoms with Crippen molar-refractivity contribution in [3.05, 3.63) is 35.6 Å². The summed E-state index contributed by atoms with van der Waals surface area (Å²) >= 11 is 0. The van der Waals surface area contributed by atoms with E-state index in [1.54, 1.807) is 19.1 Å². The summed E-state index contributed by atoms with van der Waals surface area (Å²) in [5.41, 5.74) is 6.22. The van der Waals surface area contributed by atoms with Crippen LogP contribution < -0.4 is 5.73 Å². The van der Waals surface area contributed by atoms with Crippen LogP contribution in [0, 0.1) is 11.7 Å². The van der Waals surface area contributed by atoms with Gasteiger partial charge in [-0.3, -0.25) is 9.69 Å². The van der Waals surface area contributed by atoms with Crippen molar-refractivity contribution < 1.29 is 14.3 Å². The highest BCUT2D eigenvalue weighted by molar-refractivity contribution is 5.81. The van der Waals surface area contributed by atoms with Crippen LogP contribution in [0.15, 0.2) is 24.3 Å². The topological polar surface area (TPSA) is 66.6 Å². The van der Waals surface area contributed by atoms with Gasteiger partial charge in [0.1, 0.15) is 11.9 Å². The largest absolute Gasteiger partial charge is 0.393 e. The summed E-state index contributed by atoms with van der Waals surface area (Å²) in [6.45, 7) is 3.15. The quantitative estimate of drug-likeness (QED) is 0.877. The molecule has 2 rings (SSSR count). The molecule has 0 aromatic heterocycles. The fraction of sp³-hybridized carbons (Fsp3) is 0.533. The minimum Gasteiger partial charge on any atom is -0.393 e. The normalized spacial score (nSPS) is 23.2. The smallest absolute Gasteiger partial charge is 0.239 e. The SMILES string of the molecule is CC(O)C1CCCN(C(C(N)=O)c2ccc(F)cc2)C1. The Morgan fingerprint density at radius 3 is 2.65 bits per heavy atom. The second-order valence-corrected chi connectivity index (χ2v) is 5.49. The molecule has 5 heteroatoms. The monoisotopic (exact) mass is 280 g/mol. The van der Waals surface area contributed by atoms with Crippen molar-refractivity contribution in [2.75, 3.05) is 13.1 Å². The van der Waals surface area contributed by atoms with E-state index in [0.717, 1.165) is 19.4 Å². The molecule has 1 aromatic carbocycles. The second-order valence-electron chi connectivity index (χ2n) is 5.49. The van der Waals surface area contributed by atoms with Crippen molar-refractivity contribution in [1.82, 2.24) is 4.90 Å². The van der Waals surface area contributed by atoms with Gasteiger partial charge in [0.15, 0.2) is 0 Å². The van der Waals surface area contributed by atoms with E-state index < -0.39 is 18.1 Å². The van der Waals surface area contributed by atoms with E-state index in [-0.39, 0.29) is 11.7 Å². The zero-order valence-electron chi connectivity index (χ0n) is 11.6. The first kappa shape index (κ1) is 14.9. The average Bonchev–Trinajstić information content (AvgIpc) is 2.41. The molecule has 0 saturated carbocycles. The van der Waals surface area contributed by atoms with Crippen molar-refractivity contribution in [3.63, 3.8) is 0 Å². The predicted octanol–water partition coefficient (Wildman–Crippen LogP) is 1.44. The lowest BCUT2D eigenvalue weighted by atomic mass is 9.91.